The Kier molecular flexibility index (Phi) is 4.70. The average Bonchev–Trinajstić information content (AvgIpc) is 2.52. The summed E-state index contributed by atoms with van der Waals surface area (Å²) < 4.78 is 10.5. The van der Waals surface area contributed by atoms with E-state index in [4.69, 9.17) is 9.47 Å². The summed E-state index contributed by atoms with van der Waals surface area (Å²) in [4.78, 5) is 24.0. The van der Waals surface area contributed by atoms with Crippen molar-refractivity contribution in [3.8, 4) is 11.5 Å². The fraction of sp³-hybridized carbons (Fsp3) is 0.375. The van der Waals surface area contributed by atoms with Crippen molar-refractivity contribution in [3.05, 3.63) is 35.0 Å². The van der Waals surface area contributed by atoms with Gasteiger partial charge in [-0.3, -0.25) is 4.79 Å². The third kappa shape index (κ3) is 2.90. The molecule has 0 fully saturated rings. The Hall–Kier alpha value is -2.50. The molecule has 2 rings (SSSR count). The van der Waals surface area contributed by atoms with Crippen molar-refractivity contribution in [2.24, 2.45) is 0 Å². The van der Waals surface area contributed by atoms with Crippen molar-refractivity contribution in [3.63, 3.8) is 0 Å². The molecule has 0 saturated heterocycles. The quantitative estimate of drug-likeness (QED) is 0.875. The maximum atomic E-state index is 12.2. The predicted molar refractivity (Wildman–Crippen MR) is 82.0 cm³/mol. The summed E-state index contributed by atoms with van der Waals surface area (Å²) >= 11 is 0. The van der Waals surface area contributed by atoms with Crippen LogP contribution >= 0.6 is 0 Å². The molecule has 2 N–H and O–H groups in total. The van der Waals surface area contributed by atoms with Gasteiger partial charge in [-0.15, -0.1) is 0 Å². The van der Waals surface area contributed by atoms with Crippen LogP contribution in [0.2, 0.25) is 0 Å². The van der Waals surface area contributed by atoms with E-state index in [1.807, 2.05) is 6.07 Å². The monoisotopic (exact) mass is 304 g/mol. The van der Waals surface area contributed by atoms with Crippen LogP contribution in [0.5, 0.6) is 11.5 Å². The van der Waals surface area contributed by atoms with Crippen LogP contribution in [0.25, 0.3) is 0 Å². The Morgan fingerprint density at radius 3 is 2.50 bits per heavy atom. The molecule has 1 aliphatic rings. The number of hydrogen-bond donors (Lipinski definition) is 2. The molecule has 1 unspecified atom stereocenters. The number of urea groups is 1. The molecule has 1 aliphatic heterocycles. The van der Waals surface area contributed by atoms with E-state index < -0.39 is 6.04 Å². The van der Waals surface area contributed by atoms with Gasteiger partial charge in [-0.1, -0.05) is 13.0 Å². The fourth-order valence-corrected chi connectivity index (χ4v) is 2.54. The Morgan fingerprint density at radius 1 is 1.23 bits per heavy atom. The first-order chi connectivity index (χ1) is 10.5. The SMILES string of the molecule is CCC(=O)C1=C(C)NC(=O)NC1c1ccc(OC)c(OC)c1. The number of ether oxygens (including phenoxy) is 2. The van der Waals surface area contributed by atoms with E-state index in [9.17, 15) is 9.59 Å². The standard InChI is InChI=1S/C16H20N2O4/c1-5-11(19)14-9(2)17-16(20)18-15(14)10-6-7-12(21-3)13(8-10)22-4/h6-8,15H,5H2,1-4H3,(H2,17,18,20). The van der Waals surface area contributed by atoms with E-state index in [-0.39, 0.29) is 11.8 Å². The normalized spacial score (nSPS) is 17.6. The van der Waals surface area contributed by atoms with Crippen LogP contribution < -0.4 is 20.1 Å². The zero-order valence-electron chi connectivity index (χ0n) is 13.1. The largest absolute Gasteiger partial charge is 0.493 e. The lowest BCUT2D eigenvalue weighted by atomic mass is 9.91. The van der Waals surface area contributed by atoms with Gasteiger partial charge < -0.3 is 20.1 Å². The Balaban J connectivity index is 2.50. The first-order valence-corrected chi connectivity index (χ1v) is 7.05. The second-order valence-corrected chi connectivity index (χ2v) is 4.96. The van der Waals surface area contributed by atoms with Crippen LogP contribution in [0.3, 0.4) is 0 Å². The highest BCUT2D eigenvalue weighted by Gasteiger charge is 2.30. The number of amides is 2. The fourth-order valence-electron chi connectivity index (χ4n) is 2.54. The van der Waals surface area contributed by atoms with Gasteiger partial charge in [0.15, 0.2) is 17.3 Å². The highest BCUT2D eigenvalue weighted by atomic mass is 16.5. The molecule has 1 heterocycles. The molecule has 0 aliphatic carbocycles. The average molecular weight is 304 g/mol. The summed E-state index contributed by atoms with van der Waals surface area (Å²) in [5, 5.41) is 5.44. The molecule has 6 nitrogen and oxygen atoms in total. The van der Waals surface area contributed by atoms with E-state index in [0.717, 1.165) is 5.56 Å². The lowest BCUT2D eigenvalue weighted by molar-refractivity contribution is -0.115. The molecule has 118 valence electrons. The Morgan fingerprint density at radius 2 is 1.91 bits per heavy atom. The molecule has 0 saturated carbocycles. The van der Waals surface area contributed by atoms with Crippen molar-refractivity contribution in [2.75, 3.05) is 14.2 Å². The van der Waals surface area contributed by atoms with Gasteiger partial charge in [-0.2, -0.15) is 0 Å². The first kappa shape index (κ1) is 15.9. The molecule has 6 heteroatoms. The molecule has 2 amide bonds. The van der Waals surface area contributed by atoms with Crippen molar-refractivity contribution in [1.82, 2.24) is 10.6 Å². The summed E-state index contributed by atoms with van der Waals surface area (Å²) in [6.45, 7) is 3.53. The molecule has 22 heavy (non-hydrogen) atoms. The summed E-state index contributed by atoms with van der Waals surface area (Å²) in [5.74, 6) is 1.13. The number of carbonyl (C=O) groups is 2. The van der Waals surface area contributed by atoms with Crippen molar-refractivity contribution >= 4 is 11.8 Å². The zero-order valence-corrected chi connectivity index (χ0v) is 13.1. The van der Waals surface area contributed by atoms with Crippen LogP contribution in [0.1, 0.15) is 31.9 Å². The van der Waals surface area contributed by atoms with Crippen LogP contribution in [0.4, 0.5) is 4.79 Å². The van der Waals surface area contributed by atoms with Crippen LogP contribution in [-0.4, -0.2) is 26.0 Å². The minimum atomic E-state index is -0.499. The third-order valence-corrected chi connectivity index (χ3v) is 3.63. The maximum Gasteiger partial charge on any atom is 0.319 e. The molecule has 0 bridgehead atoms. The van der Waals surface area contributed by atoms with Gasteiger partial charge in [-0.25, -0.2) is 4.79 Å². The molecule has 0 radical (unpaired) electrons. The minimum Gasteiger partial charge on any atom is -0.493 e. The van der Waals surface area contributed by atoms with Crippen LogP contribution in [0, 0.1) is 0 Å². The summed E-state index contributed by atoms with van der Waals surface area (Å²) in [6.07, 6.45) is 0.369. The molecule has 0 aromatic heterocycles. The van der Waals surface area contributed by atoms with Gasteiger partial charge in [0.25, 0.3) is 0 Å². The Labute approximate surface area is 129 Å². The van der Waals surface area contributed by atoms with E-state index >= 15 is 0 Å². The van der Waals surface area contributed by atoms with Gasteiger partial charge in [0.2, 0.25) is 0 Å². The highest BCUT2D eigenvalue weighted by molar-refractivity contribution is 5.99. The van der Waals surface area contributed by atoms with Gasteiger partial charge in [0, 0.05) is 17.7 Å². The van der Waals surface area contributed by atoms with Crippen LogP contribution in [-0.2, 0) is 4.79 Å². The third-order valence-electron chi connectivity index (χ3n) is 3.63. The summed E-state index contributed by atoms with van der Waals surface area (Å²) in [5.41, 5.74) is 1.91. The first-order valence-electron chi connectivity index (χ1n) is 7.05. The van der Waals surface area contributed by atoms with E-state index in [0.29, 0.717) is 29.2 Å². The lowest BCUT2D eigenvalue weighted by Crippen LogP contribution is -2.45. The maximum absolute atomic E-state index is 12.2. The molecule has 0 spiro atoms. The minimum absolute atomic E-state index is 0.00946. The predicted octanol–water partition coefficient (Wildman–Crippen LogP) is 2.31. The Bertz CT molecular complexity index is 637. The van der Waals surface area contributed by atoms with E-state index in [1.165, 1.54) is 0 Å². The van der Waals surface area contributed by atoms with Crippen molar-refractivity contribution in [2.45, 2.75) is 26.3 Å². The second-order valence-electron chi connectivity index (χ2n) is 4.96. The molecular formula is C16H20N2O4. The highest BCUT2D eigenvalue weighted by Crippen LogP contribution is 2.34. The number of rotatable bonds is 5. The van der Waals surface area contributed by atoms with Gasteiger partial charge in [-0.05, 0) is 24.6 Å². The van der Waals surface area contributed by atoms with Gasteiger partial charge >= 0.3 is 6.03 Å². The van der Waals surface area contributed by atoms with Crippen molar-refractivity contribution in [1.29, 1.82) is 0 Å². The number of ketones is 1. The number of carbonyl (C=O) groups excluding carboxylic acids is 2. The van der Waals surface area contributed by atoms with Gasteiger partial charge in [0.05, 0.1) is 20.3 Å². The molecular weight excluding hydrogens is 284 g/mol. The topological polar surface area (TPSA) is 76.7 Å². The van der Waals surface area contributed by atoms with Crippen molar-refractivity contribution < 1.29 is 19.1 Å². The zero-order chi connectivity index (χ0) is 16.3. The number of nitrogens with one attached hydrogen (secondary N) is 2. The summed E-state index contributed by atoms with van der Waals surface area (Å²) in [7, 11) is 3.10. The van der Waals surface area contributed by atoms with Gasteiger partial charge in [0.1, 0.15) is 0 Å². The van der Waals surface area contributed by atoms with E-state index in [1.54, 1.807) is 40.2 Å². The smallest absolute Gasteiger partial charge is 0.319 e. The summed E-state index contributed by atoms with van der Waals surface area (Å²) in [6, 6.07) is 4.51. The number of allylic oxidation sites excluding steroid dienone is 1. The number of hydrogen-bond acceptors (Lipinski definition) is 4. The molecule has 1 atom stereocenters. The molecule has 1 aromatic carbocycles. The lowest BCUT2D eigenvalue weighted by Gasteiger charge is -2.28. The number of methoxy groups -OCH3 is 2. The number of benzene rings is 1. The number of Topliss-reactive ketones (excluding diaryl/α,β-unsaturated/α-hetero) is 1. The van der Waals surface area contributed by atoms with E-state index in [2.05, 4.69) is 10.6 Å². The van der Waals surface area contributed by atoms with Crippen LogP contribution in [0.15, 0.2) is 29.5 Å². The second kappa shape index (κ2) is 6.51. The molecule has 1 aromatic rings.